The number of amides is 2. The summed E-state index contributed by atoms with van der Waals surface area (Å²) < 4.78 is 13.3. The van der Waals surface area contributed by atoms with Crippen LogP contribution in [0.4, 0.5) is 10.1 Å². The number of nitrogens with zero attached hydrogens (tertiary/aromatic N) is 2. The molecule has 1 aromatic rings. The normalized spacial score (nSPS) is 10.0. The molecule has 0 spiro atoms. The number of nitrogens with one attached hydrogen (secondary N) is 1. The lowest BCUT2D eigenvalue weighted by molar-refractivity contribution is -0.385. The minimum atomic E-state index is -0.753. The van der Waals surface area contributed by atoms with E-state index in [0.29, 0.717) is 6.42 Å². The summed E-state index contributed by atoms with van der Waals surface area (Å²) in [5.41, 5.74) is -0.850. The van der Waals surface area contributed by atoms with Gasteiger partial charge in [-0.2, -0.15) is 0 Å². The molecule has 0 aliphatic rings. The van der Waals surface area contributed by atoms with Crippen molar-refractivity contribution in [3.8, 4) is 0 Å². The first-order chi connectivity index (χ1) is 9.90. The van der Waals surface area contributed by atoms with Crippen LogP contribution in [0.3, 0.4) is 0 Å². The van der Waals surface area contributed by atoms with Gasteiger partial charge in [0, 0.05) is 19.7 Å². The van der Waals surface area contributed by atoms with Gasteiger partial charge in [0.25, 0.3) is 11.6 Å². The zero-order chi connectivity index (χ0) is 16.0. The molecule has 7 nitrogen and oxygen atoms in total. The van der Waals surface area contributed by atoms with Crippen molar-refractivity contribution in [1.82, 2.24) is 10.2 Å². The summed E-state index contributed by atoms with van der Waals surface area (Å²) in [5, 5.41) is 13.3. The Hall–Kier alpha value is -2.51. The topological polar surface area (TPSA) is 92.6 Å². The van der Waals surface area contributed by atoms with Crippen molar-refractivity contribution >= 4 is 17.5 Å². The molecule has 0 aromatic heterocycles. The molecule has 0 aliphatic heterocycles. The Morgan fingerprint density at radius 3 is 2.62 bits per heavy atom. The highest BCUT2D eigenvalue weighted by molar-refractivity contribution is 5.99. The average molecular weight is 297 g/mol. The van der Waals surface area contributed by atoms with Crippen LogP contribution >= 0.6 is 0 Å². The van der Waals surface area contributed by atoms with E-state index in [0.717, 1.165) is 23.1 Å². The van der Waals surface area contributed by atoms with E-state index in [-0.39, 0.29) is 18.7 Å². The number of hydrogen-bond donors (Lipinski definition) is 1. The van der Waals surface area contributed by atoms with Gasteiger partial charge in [-0.1, -0.05) is 6.92 Å². The van der Waals surface area contributed by atoms with Crippen LogP contribution in [0.15, 0.2) is 18.2 Å². The van der Waals surface area contributed by atoms with Crippen LogP contribution in [0, 0.1) is 15.9 Å². The molecule has 1 rings (SSSR count). The van der Waals surface area contributed by atoms with Gasteiger partial charge in [0.2, 0.25) is 5.91 Å². The molecular formula is C13H16FN3O4. The first kappa shape index (κ1) is 16.5. The maximum atomic E-state index is 13.3. The van der Waals surface area contributed by atoms with E-state index in [1.54, 1.807) is 6.92 Å². The molecule has 0 radical (unpaired) electrons. The maximum absolute atomic E-state index is 13.3. The highest BCUT2D eigenvalue weighted by Crippen LogP contribution is 2.21. The second kappa shape index (κ2) is 7.32. The monoisotopic (exact) mass is 297 g/mol. The molecular weight excluding hydrogens is 281 g/mol. The summed E-state index contributed by atoms with van der Waals surface area (Å²) in [6.45, 7) is 1.79. The lowest BCUT2D eigenvalue weighted by atomic mass is 10.1. The molecule has 0 unspecified atom stereocenters. The standard InChI is InChI=1S/C13H16FN3O4/c1-3-6-16(8-12(18)15-2)13(19)10-7-9(14)4-5-11(10)17(20)21/h4-5,7H,3,6,8H2,1-2H3,(H,15,18). The van der Waals surface area contributed by atoms with E-state index in [1.807, 2.05) is 0 Å². The van der Waals surface area contributed by atoms with Crippen LogP contribution in [-0.4, -0.2) is 41.8 Å². The van der Waals surface area contributed by atoms with Gasteiger partial charge in [-0.3, -0.25) is 19.7 Å². The third-order valence-electron chi connectivity index (χ3n) is 2.78. The number of carbonyl (C=O) groups is 2. The summed E-state index contributed by atoms with van der Waals surface area (Å²) in [7, 11) is 1.42. The number of nitro benzene ring substituents is 1. The van der Waals surface area contributed by atoms with Crippen LogP contribution in [-0.2, 0) is 4.79 Å². The first-order valence-corrected chi connectivity index (χ1v) is 6.34. The molecule has 114 valence electrons. The largest absolute Gasteiger partial charge is 0.358 e. The second-order valence-electron chi connectivity index (χ2n) is 4.32. The lowest BCUT2D eigenvalue weighted by Gasteiger charge is -2.21. The Labute approximate surface area is 120 Å². The minimum Gasteiger partial charge on any atom is -0.358 e. The predicted octanol–water partition coefficient (Wildman–Crippen LogP) is 1.33. The molecule has 1 aromatic carbocycles. The Kier molecular flexibility index (Phi) is 5.77. The van der Waals surface area contributed by atoms with Gasteiger partial charge in [0.1, 0.15) is 11.4 Å². The predicted molar refractivity (Wildman–Crippen MR) is 73.3 cm³/mol. The number of halogens is 1. The smallest absolute Gasteiger partial charge is 0.282 e. The fourth-order valence-corrected chi connectivity index (χ4v) is 1.78. The zero-order valence-corrected chi connectivity index (χ0v) is 11.8. The molecule has 0 atom stereocenters. The van der Waals surface area contributed by atoms with E-state index in [4.69, 9.17) is 0 Å². The van der Waals surface area contributed by atoms with E-state index < -0.39 is 28.2 Å². The van der Waals surface area contributed by atoms with Crippen LogP contribution in [0.25, 0.3) is 0 Å². The third kappa shape index (κ3) is 4.23. The first-order valence-electron chi connectivity index (χ1n) is 6.34. The summed E-state index contributed by atoms with van der Waals surface area (Å²) in [6.07, 6.45) is 0.561. The number of rotatable bonds is 6. The summed E-state index contributed by atoms with van der Waals surface area (Å²) in [5.74, 6) is -1.90. The van der Waals surface area contributed by atoms with Crippen LogP contribution in [0.1, 0.15) is 23.7 Å². The maximum Gasteiger partial charge on any atom is 0.282 e. The highest BCUT2D eigenvalue weighted by Gasteiger charge is 2.26. The fraction of sp³-hybridized carbons (Fsp3) is 0.385. The fourth-order valence-electron chi connectivity index (χ4n) is 1.78. The van der Waals surface area contributed by atoms with E-state index in [2.05, 4.69) is 5.32 Å². The van der Waals surface area contributed by atoms with Gasteiger partial charge in [0.15, 0.2) is 0 Å². The van der Waals surface area contributed by atoms with Crippen LogP contribution in [0.5, 0.6) is 0 Å². The number of carbonyl (C=O) groups excluding carboxylic acids is 2. The van der Waals surface area contributed by atoms with E-state index in [1.165, 1.54) is 7.05 Å². The van der Waals surface area contributed by atoms with Gasteiger partial charge in [0.05, 0.1) is 11.5 Å². The Balaban J connectivity index is 3.16. The average Bonchev–Trinajstić information content (AvgIpc) is 2.45. The van der Waals surface area contributed by atoms with Crippen molar-refractivity contribution in [2.75, 3.05) is 20.1 Å². The van der Waals surface area contributed by atoms with Gasteiger partial charge >= 0.3 is 0 Å². The number of nitro groups is 1. The van der Waals surface area contributed by atoms with Crippen molar-refractivity contribution in [3.63, 3.8) is 0 Å². The summed E-state index contributed by atoms with van der Waals surface area (Å²) in [4.78, 5) is 35.1. The molecule has 21 heavy (non-hydrogen) atoms. The molecule has 1 N–H and O–H groups in total. The lowest BCUT2D eigenvalue weighted by Crippen LogP contribution is -2.40. The second-order valence-corrected chi connectivity index (χ2v) is 4.32. The molecule has 0 saturated heterocycles. The molecule has 0 saturated carbocycles. The Bertz CT molecular complexity index is 562. The van der Waals surface area contributed by atoms with Crippen LogP contribution < -0.4 is 5.32 Å². The minimum absolute atomic E-state index is 0.236. The molecule has 8 heteroatoms. The van der Waals surface area contributed by atoms with Gasteiger partial charge in [-0.25, -0.2) is 4.39 Å². The van der Waals surface area contributed by atoms with Gasteiger partial charge in [-0.05, 0) is 18.6 Å². The van der Waals surface area contributed by atoms with Crippen LogP contribution in [0.2, 0.25) is 0 Å². The molecule has 2 amide bonds. The highest BCUT2D eigenvalue weighted by atomic mass is 19.1. The number of benzene rings is 1. The van der Waals surface area contributed by atoms with Crippen molar-refractivity contribution < 1.29 is 18.9 Å². The van der Waals surface area contributed by atoms with E-state index >= 15 is 0 Å². The molecule has 0 heterocycles. The summed E-state index contributed by atoms with van der Waals surface area (Å²) >= 11 is 0. The van der Waals surface area contributed by atoms with Crippen molar-refractivity contribution in [2.24, 2.45) is 0 Å². The Morgan fingerprint density at radius 1 is 1.43 bits per heavy atom. The number of hydrogen-bond acceptors (Lipinski definition) is 4. The van der Waals surface area contributed by atoms with Crippen molar-refractivity contribution in [2.45, 2.75) is 13.3 Å². The Morgan fingerprint density at radius 2 is 2.10 bits per heavy atom. The zero-order valence-electron chi connectivity index (χ0n) is 11.8. The van der Waals surface area contributed by atoms with Gasteiger partial charge < -0.3 is 10.2 Å². The third-order valence-corrected chi connectivity index (χ3v) is 2.78. The SMILES string of the molecule is CCCN(CC(=O)NC)C(=O)c1cc(F)ccc1[N+](=O)[O-]. The van der Waals surface area contributed by atoms with E-state index in [9.17, 15) is 24.1 Å². The van der Waals surface area contributed by atoms with Crippen molar-refractivity contribution in [1.29, 1.82) is 0 Å². The number of likely N-dealkylation sites (N-methyl/N-ethyl adjacent to an activating group) is 1. The molecule has 0 aliphatic carbocycles. The molecule has 0 bridgehead atoms. The van der Waals surface area contributed by atoms with Crippen molar-refractivity contribution in [3.05, 3.63) is 39.7 Å². The molecule has 0 fully saturated rings. The summed E-state index contributed by atoms with van der Waals surface area (Å²) in [6, 6.07) is 2.66. The quantitative estimate of drug-likeness (QED) is 0.633. The van der Waals surface area contributed by atoms with Gasteiger partial charge in [-0.15, -0.1) is 0 Å².